The average Bonchev–Trinajstić information content (AvgIpc) is 2.13. The molecule has 1 rings (SSSR count). The van der Waals surface area contributed by atoms with Crippen LogP contribution < -0.4 is 5.32 Å². The lowest BCUT2D eigenvalue weighted by molar-refractivity contribution is 0.327. The van der Waals surface area contributed by atoms with Crippen LogP contribution in [-0.2, 0) is 0 Å². The Morgan fingerprint density at radius 3 is 2.44 bits per heavy atom. The van der Waals surface area contributed by atoms with E-state index in [0.29, 0.717) is 0 Å². The molecular weight excluding hydrogens is 112 g/mol. The molecule has 0 aliphatic carbocycles. The zero-order valence-electron chi connectivity index (χ0n) is 6.52. The highest BCUT2D eigenvalue weighted by atomic mass is 15.2. The highest BCUT2D eigenvalue weighted by Crippen LogP contribution is 2.13. The van der Waals surface area contributed by atoms with Crippen LogP contribution in [0.2, 0.25) is 0 Å². The van der Waals surface area contributed by atoms with E-state index in [4.69, 9.17) is 0 Å². The van der Waals surface area contributed by atoms with E-state index in [-0.39, 0.29) is 0 Å². The molecule has 1 aliphatic rings. The predicted molar refractivity (Wildman–Crippen MR) is 39.6 cm³/mol. The summed E-state index contributed by atoms with van der Waals surface area (Å²) in [6, 6.07) is 1.49. The Hall–Kier alpha value is -0.0800. The third-order valence-corrected chi connectivity index (χ3v) is 2.29. The zero-order valence-corrected chi connectivity index (χ0v) is 6.52. The number of rotatable bonds is 1. The van der Waals surface area contributed by atoms with Gasteiger partial charge in [-0.3, -0.25) is 0 Å². The van der Waals surface area contributed by atoms with E-state index in [1.165, 1.54) is 13.0 Å². The lowest BCUT2D eigenvalue weighted by atomic mass is 10.2. The summed E-state index contributed by atoms with van der Waals surface area (Å²) >= 11 is 0. The molecule has 0 aromatic heterocycles. The molecule has 0 amide bonds. The van der Waals surface area contributed by atoms with Crippen LogP contribution in [0.1, 0.15) is 13.3 Å². The molecule has 0 bridgehead atoms. The Balaban J connectivity index is 2.35. The minimum Gasteiger partial charge on any atom is -0.316 e. The van der Waals surface area contributed by atoms with E-state index in [9.17, 15) is 0 Å². The molecule has 9 heavy (non-hydrogen) atoms. The van der Waals surface area contributed by atoms with Gasteiger partial charge in [0.1, 0.15) is 0 Å². The highest BCUT2D eigenvalue weighted by molar-refractivity contribution is 4.83. The van der Waals surface area contributed by atoms with Crippen LogP contribution in [0.5, 0.6) is 0 Å². The van der Waals surface area contributed by atoms with Gasteiger partial charge in [0.25, 0.3) is 0 Å². The lowest BCUT2D eigenvalue weighted by Crippen LogP contribution is -2.28. The molecule has 1 fully saturated rings. The molecular formula is C7H16N2. The second kappa shape index (κ2) is 2.67. The zero-order chi connectivity index (χ0) is 6.85. The fourth-order valence-corrected chi connectivity index (χ4v) is 1.40. The molecule has 0 unspecified atom stereocenters. The van der Waals surface area contributed by atoms with Crippen LogP contribution in [0.4, 0.5) is 0 Å². The van der Waals surface area contributed by atoms with E-state index in [0.717, 1.165) is 12.1 Å². The van der Waals surface area contributed by atoms with Crippen molar-refractivity contribution in [3.63, 3.8) is 0 Å². The predicted octanol–water partition coefficient (Wildman–Crippen LogP) is 0.298. The quantitative estimate of drug-likeness (QED) is 0.546. The van der Waals surface area contributed by atoms with Crippen LogP contribution in [0.3, 0.4) is 0 Å². The van der Waals surface area contributed by atoms with Crippen molar-refractivity contribution >= 4 is 0 Å². The first kappa shape index (κ1) is 7.03. The van der Waals surface area contributed by atoms with Crippen molar-refractivity contribution in [2.45, 2.75) is 25.4 Å². The van der Waals surface area contributed by atoms with Gasteiger partial charge in [0.05, 0.1) is 0 Å². The summed E-state index contributed by atoms with van der Waals surface area (Å²) < 4.78 is 0. The van der Waals surface area contributed by atoms with Gasteiger partial charge in [-0.25, -0.2) is 0 Å². The van der Waals surface area contributed by atoms with Crippen molar-refractivity contribution in [3.05, 3.63) is 0 Å². The molecule has 0 radical (unpaired) electrons. The van der Waals surface area contributed by atoms with Gasteiger partial charge in [0.15, 0.2) is 0 Å². The Kier molecular flexibility index (Phi) is 2.09. The SMILES string of the molecule is CN[C@H]1C[C@H](C)N(C)C1. The number of hydrogen-bond acceptors (Lipinski definition) is 2. The van der Waals surface area contributed by atoms with E-state index >= 15 is 0 Å². The van der Waals surface area contributed by atoms with E-state index in [2.05, 4.69) is 24.2 Å². The Labute approximate surface area is 57.2 Å². The fraction of sp³-hybridized carbons (Fsp3) is 1.00. The molecule has 1 saturated heterocycles. The van der Waals surface area contributed by atoms with Crippen LogP contribution in [0.25, 0.3) is 0 Å². The van der Waals surface area contributed by atoms with Crippen molar-refractivity contribution in [2.75, 3.05) is 20.6 Å². The number of likely N-dealkylation sites (N-methyl/N-ethyl adjacent to an activating group) is 2. The summed E-state index contributed by atoms with van der Waals surface area (Å²) in [4.78, 5) is 2.39. The first-order chi connectivity index (χ1) is 4.24. The average molecular weight is 128 g/mol. The molecule has 1 heterocycles. The van der Waals surface area contributed by atoms with Crippen LogP contribution in [0, 0.1) is 0 Å². The number of nitrogens with zero attached hydrogens (tertiary/aromatic N) is 1. The van der Waals surface area contributed by atoms with Crippen molar-refractivity contribution in [1.29, 1.82) is 0 Å². The normalized spacial score (nSPS) is 37.7. The maximum absolute atomic E-state index is 3.28. The first-order valence-corrected chi connectivity index (χ1v) is 3.61. The second-order valence-corrected chi connectivity index (χ2v) is 3.01. The summed E-state index contributed by atoms with van der Waals surface area (Å²) in [5.74, 6) is 0. The largest absolute Gasteiger partial charge is 0.316 e. The van der Waals surface area contributed by atoms with Gasteiger partial charge in [0, 0.05) is 18.6 Å². The Morgan fingerprint density at radius 1 is 1.56 bits per heavy atom. The maximum Gasteiger partial charge on any atom is 0.0206 e. The summed E-state index contributed by atoms with van der Waals surface area (Å²) in [6.07, 6.45) is 1.30. The van der Waals surface area contributed by atoms with E-state index in [1.54, 1.807) is 0 Å². The van der Waals surface area contributed by atoms with Gasteiger partial charge in [-0.15, -0.1) is 0 Å². The van der Waals surface area contributed by atoms with Gasteiger partial charge >= 0.3 is 0 Å². The van der Waals surface area contributed by atoms with Crippen molar-refractivity contribution in [2.24, 2.45) is 0 Å². The summed E-state index contributed by atoms with van der Waals surface area (Å²) in [5, 5.41) is 3.28. The monoisotopic (exact) mass is 128 g/mol. The lowest BCUT2D eigenvalue weighted by Gasteiger charge is -2.12. The van der Waals surface area contributed by atoms with Gasteiger partial charge in [0.2, 0.25) is 0 Å². The summed E-state index contributed by atoms with van der Waals surface area (Å²) in [6.45, 7) is 3.48. The Morgan fingerprint density at radius 2 is 2.22 bits per heavy atom. The standard InChI is InChI=1S/C7H16N2/c1-6-4-7(8-2)5-9(6)3/h6-8H,4-5H2,1-3H3/t6-,7-/m0/s1. The molecule has 2 heteroatoms. The van der Waals surface area contributed by atoms with Crippen LogP contribution >= 0.6 is 0 Å². The van der Waals surface area contributed by atoms with Gasteiger partial charge in [-0.1, -0.05) is 0 Å². The number of hydrogen-bond donors (Lipinski definition) is 1. The topological polar surface area (TPSA) is 15.3 Å². The van der Waals surface area contributed by atoms with E-state index < -0.39 is 0 Å². The molecule has 2 nitrogen and oxygen atoms in total. The molecule has 0 saturated carbocycles. The third-order valence-electron chi connectivity index (χ3n) is 2.29. The van der Waals surface area contributed by atoms with Crippen LogP contribution in [-0.4, -0.2) is 37.6 Å². The van der Waals surface area contributed by atoms with Gasteiger partial charge in [-0.05, 0) is 27.4 Å². The van der Waals surface area contributed by atoms with Gasteiger partial charge in [-0.2, -0.15) is 0 Å². The number of likely N-dealkylation sites (tertiary alicyclic amines) is 1. The van der Waals surface area contributed by atoms with Gasteiger partial charge < -0.3 is 10.2 Å². The first-order valence-electron chi connectivity index (χ1n) is 3.61. The summed E-state index contributed by atoms with van der Waals surface area (Å²) in [5.41, 5.74) is 0. The molecule has 1 N–H and O–H groups in total. The molecule has 0 aromatic carbocycles. The molecule has 0 spiro atoms. The molecule has 2 atom stereocenters. The summed E-state index contributed by atoms with van der Waals surface area (Å²) in [7, 11) is 4.22. The smallest absolute Gasteiger partial charge is 0.0206 e. The second-order valence-electron chi connectivity index (χ2n) is 3.01. The number of nitrogens with one attached hydrogen (secondary N) is 1. The van der Waals surface area contributed by atoms with Crippen molar-refractivity contribution in [1.82, 2.24) is 10.2 Å². The van der Waals surface area contributed by atoms with E-state index in [1.807, 2.05) is 7.05 Å². The molecule has 1 aliphatic heterocycles. The highest BCUT2D eigenvalue weighted by Gasteiger charge is 2.23. The molecule has 54 valence electrons. The van der Waals surface area contributed by atoms with Crippen molar-refractivity contribution in [3.8, 4) is 0 Å². The molecule has 0 aromatic rings. The Bertz CT molecular complexity index is 82.9. The minimum absolute atomic E-state index is 0.727. The van der Waals surface area contributed by atoms with Crippen molar-refractivity contribution < 1.29 is 0 Å². The third kappa shape index (κ3) is 1.43. The maximum atomic E-state index is 3.28. The van der Waals surface area contributed by atoms with Crippen LogP contribution in [0.15, 0.2) is 0 Å². The fourth-order valence-electron chi connectivity index (χ4n) is 1.40. The minimum atomic E-state index is 0.727.